The smallest absolute Gasteiger partial charge is 0.282 e. The number of aromatic nitrogens is 2. The summed E-state index contributed by atoms with van der Waals surface area (Å²) in [6.45, 7) is 13.0. The highest BCUT2D eigenvalue weighted by atomic mass is 79.9. The Kier molecular flexibility index (Phi) is 7.03. The van der Waals surface area contributed by atoms with Crippen LogP contribution in [0.15, 0.2) is 50.8 Å². The lowest BCUT2D eigenvalue weighted by Crippen LogP contribution is -2.29. The first kappa shape index (κ1) is 25.0. The summed E-state index contributed by atoms with van der Waals surface area (Å²) in [5.41, 5.74) is 1.91. The molecule has 3 rings (SSSR count). The van der Waals surface area contributed by atoms with Gasteiger partial charge in [0.2, 0.25) is 0 Å². The van der Waals surface area contributed by atoms with Crippen LogP contribution in [0.3, 0.4) is 0 Å². The predicted octanol–water partition coefficient (Wildman–Crippen LogP) is 5.83. The molecule has 0 amide bonds. The Morgan fingerprint density at radius 1 is 1.09 bits per heavy atom. The summed E-state index contributed by atoms with van der Waals surface area (Å²) in [6.07, 6.45) is 1.68. The lowest BCUT2D eigenvalue weighted by Gasteiger charge is -2.22. The molecule has 0 atom stereocenters. The van der Waals surface area contributed by atoms with E-state index in [1.165, 1.54) is 4.68 Å². The molecule has 0 unspecified atom stereocenters. The Morgan fingerprint density at radius 3 is 2.39 bits per heavy atom. The summed E-state index contributed by atoms with van der Waals surface area (Å²) >= 11 is 3.45. The molecule has 0 aliphatic carbocycles. The number of rotatable bonds is 5. The Morgan fingerprint density at radius 2 is 1.79 bits per heavy atom. The second kappa shape index (κ2) is 9.29. The molecule has 6 nitrogen and oxygen atoms in total. The zero-order valence-corrected chi connectivity index (χ0v) is 22.3. The molecule has 7 heteroatoms. The van der Waals surface area contributed by atoms with Crippen molar-refractivity contribution in [3.63, 3.8) is 0 Å². The molecule has 1 heterocycles. The van der Waals surface area contributed by atoms with E-state index in [2.05, 4.69) is 41.8 Å². The SMILES string of the molecule is CN(C)c1ccc(C=Nn2c(C(C)(C)C)nc3ccc(Br)cc3c2=O)c(OCC(C)(C)C)c1. The van der Waals surface area contributed by atoms with Gasteiger partial charge in [-0.15, -0.1) is 0 Å². The molecule has 3 aromatic rings. The third kappa shape index (κ3) is 6.02. The van der Waals surface area contributed by atoms with Crippen LogP contribution in [0.2, 0.25) is 0 Å². The van der Waals surface area contributed by atoms with Crippen molar-refractivity contribution in [3.05, 3.63) is 62.6 Å². The van der Waals surface area contributed by atoms with E-state index >= 15 is 0 Å². The molecule has 0 saturated carbocycles. The van der Waals surface area contributed by atoms with Crippen LogP contribution in [0.25, 0.3) is 10.9 Å². The lowest BCUT2D eigenvalue weighted by molar-refractivity contribution is 0.198. The number of fused-ring (bicyclic) bond motifs is 1. The maximum Gasteiger partial charge on any atom is 0.282 e. The first-order valence-electron chi connectivity index (χ1n) is 11.0. The van der Waals surface area contributed by atoms with Crippen molar-refractivity contribution in [2.75, 3.05) is 25.6 Å². The Bertz CT molecular complexity index is 1250. The van der Waals surface area contributed by atoms with Crippen LogP contribution in [0.5, 0.6) is 5.75 Å². The van der Waals surface area contributed by atoms with E-state index in [1.54, 1.807) is 12.3 Å². The third-order valence-electron chi connectivity index (χ3n) is 4.97. The van der Waals surface area contributed by atoms with Crippen molar-refractivity contribution in [2.45, 2.75) is 47.0 Å². The molecule has 1 aromatic heterocycles. The number of hydrogen-bond acceptors (Lipinski definition) is 5. The molecule has 0 N–H and O–H groups in total. The average molecular weight is 513 g/mol. The normalized spacial score (nSPS) is 12.5. The molecule has 33 heavy (non-hydrogen) atoms. The Hall–Kier alpha value is -2.67. The summed E-state index contributed by atoms with van der Waals surface area (Å²) in [5.74, 6) is 1.32. The largest absolute Gasteiger partial charge is 0.492 e. The second-order valence-corrected chi connectivity index (χ2v) is 11.6. The van der Waals surface area contributed by atoms with Gasteiger partial charge in [0.1, 0.15) is 11.6 Å². The average Bonchev–Trinajstić information content (AvgIpc) is 2.70. The van der Waals surface area contributed by atoms with Crippen LogP contribution in [0.1, 0.15) is 52.9 Å². The van der Waals surface area contributed by atoms with Crippen LogP contribution in [0.4, 0.5) is 5.69 Å². The van der Waals surface area contributed by atoms with Gasteiger partial charge in [0, 0.05) is 41.3 Å². The number of ether oxygens (including phenoxy) is 1. The van der Waals surface area contributed by atoms with E-state index in [9.17, 15) is 4.79 Å². The van der Waals surface area contributed by atoms with Crippen molar-refractivity contribution >= 4 is 38.7 Å². The fourth-order valence-electron chi connectivity index (χ4n) is 3.19. The number of nitrogens with zero attached hydrogens (tertiary/aromatic N) is 4. The Labute approximate surface area is 204 Å². The van der Waals surface area contributed by atoms with Crippen LogP contribution >= 0.6 is 15.9 Å². The van der Waals surface area contributed by atoms with Gasteiger partial charge in [-0.25, -0.2) is 4.98 Å². The maximum atomic E-state index is 13.4. The summed E-state index contributed by atoms with van der Waals surface area (Å²) in [6, 6.07) is 11.5. The molecular formula is C26H33BrN4O2. The van der Waals surface area contributed by atoms with Gasteiger partial charge in [-0.2, -0.15) is 9.78 Å². The monoisotopic (exact) mass is 512 g/mol. The molecule has 0 spiro atoms. The van der Waals surface area contributed by atoms with Gasteiger partial charge in [-0.3, -0.25) is 4.79 Å². The predicted molar refractivity (Wildman–Crippen MR) is 141 cm³/mol. The number of benzene rings is 2. The van der Waals surface area contributed by atoms with E-state index in [1.807, 2.05) is 70.1 Å². The zero-order chi connectivity index (χ0) is 24.6. The number of hydrogen-bond donors (Lipinski definition) is 0. The highest BCUT2D eigenvalue weighted by Crippen LogP contribution is 2.27. The summed E-state index contributed by atoms with van der Waals surface area (Å²) in [5, 5.41) is 5.13. The number of anilines is 1. The van der Waals surface area contributed by atoms with Crippen LogP contribution in [-0.2, 0) is 5.41 Å². The Balaban J connectivity index is 2.15. The van der Waals surface area contributed by atoms with Crippen molar-refractivity contribution in [1.29, 1.82) is 0 Å². The minimum absolute atomic E-state index is 0.00846. The first-order valence-corrected chi connectivity index (χ1v) is 11.8. The van der Waals surface area contributed by atoms with Crippen molar-refractivity contribution in [2.24, 2.45) is 10.5 Å². The summed E-state index contributed by atoms with van der Waals surface area (Å²) in [7, 11) is 3.98. The number of halogens is 1. The second-order valence-electron chi connectivity index (χ2n) is 10.7. The topological polar surface area (TPSA) is 59.7 Å². The van der Waals surface area contributed by atoms with E-state index < -0.39 is 0 Å². The van der Waals surface area contributed by atoms with Gasteiger partial charge in [-0.1, -0.05) is 57.5 Å². The highest BCUT2D eigenvalue weighted by molar-refractivity contribution is 9.10. The molecule has 0 fully saturated rings. The van der Waals surface area contributed by atoms with E-state index in [-0.39, 0.29) is 16.4 Å². The molecule has 2 aromatic carbocycles. The maximum absolute atomic E-state index is 13.4. The fourth-order valence-corrected chi connectivity index (χ4v) is 3.55. The zero-order valence-electron chi connectivity index (χ0n) is 20.7. The van der Waals surface area contributed by atoms with Crippen LogP contribution in [0, 0.1) is 5.41 Å². The molecule has 0 bridgehead atoms. The van der Waals surface area contributed by atoms with Gasteiger partial charge < -0.3 is 9.64 Å². The van der Waals surface area contributed by atoms with Crippen molar-refractivity contribution in [3.8, 4) is 5.75 Å². The minimum Gasteiger partial charge on any atom is -0.492 e. The van der Waals surface area contributed by atoms with E-state index in [4.69, 9.17) is 9.72 Å². The first-order chi connectivity index (χ1) is 15.3. The van der Waals surface area contributed by atoms with Gasteiger partial charge in [0.25, 0.3) is 5.56 Å². The molecule has 176 valence electrons. The van der Waals surface area contributed by atoms with Gasteiger partial charge in [0.05, 0.1) is 23.7 Å². The highest BCUT2D eigenvalue weighted by Gasteiger charge is 2.23. The lowest BCUT2D eigenvalue weighted by atomic mass is 9.95. The third-order valence-corrected chi connectivity index (χ3v) is 5.46. The molecule has 0 aliphatic rings. The molecule has 0 radical (unpaired) electrons. The van der Waals surface area contributed by atoms with Gasteiger partial charge in [-0.05, 0) is 35.7 Å². The van der Waals surface area contributed by atoms with Crippen LogP contribution in [-0.4, -0.2) is 36.6 Å². The van der Waals surface area contributed by atoms with Crippen molar-refractivity contribution < 1.29 is 4.74 Å². The van der Waals surface area contributed by atoms with E-state index in [0.717, 1.165) is 21.5 Å². The molecular weight excluding hydrogens is 480 g/mol. The molecule has 0 saturated heterocycles. The van der Waals surface area contributed by atoms with Crippen molar-refractivity contribution in [1.82, 2.24) is 9.66 Å². The van der Waals surface area contributed by atoms with Crippen LogP contribution < -0.4 is 15.2 Å². The minimum atomic E-state index is -0.377. The summed E-state index contributed by atoms with van der Waals surface area (Å²) < 4.78 is 8.40. The standard InChI is InChI=1S/C26H33BrN4O2/c1-25(2,3)16-33-22-14-19(30(7)8)11-9-17(22)15-28-31-23(32)20-13-18(27)10-12-21(20)29-24(31)26(4,5)6/h9-15H,16H2,1-8H3. The van der Waals surface area contributed by atoms with Gasteiger partial charge in [0.15, 0.2) is 0 Å². The van der Waals surface area contributed by atoms with E-state index in [0.29, 0.717) is 23.3 Å². The molecule has 0 aliphatic heterocycles. The summed E-state index contributed by atoms with van der Waals surface area (Å²) in [4.78, 5) is 20.2. The fraction of sp³-hybridized carbons (Fsp3) is 0.423. The quantitative estimate of drug-likeness (QED) is 0.403. The van der Waals surface area contributed by atoms with Gasteiger partial charge >= 0.3 is 0 Å².